The van der Waals surface area contributed by atoms with Crippen LogP contribution in [0.3, 0.4) is 0 Å². The fourth-order valence-electron chi connectivity index (χ4n) is 3.97. The number of rotatable bonds is 8. The van der Waals surface area contributed by atoms with E-state index < -0.39 is 0 Å². The van der Waals surface area contributed by atoms with Crippen LogP contribution < -0.4 is 19.1 Å². The van der Waals surface area contributed by atoms with Gasteiger partial charge in [-0.15, -0.1) is 11.8 Å². The van der Waals surface area contributed by atoms with Gasteiger partial charge in [0.2, 0.25) is 0 Å². The lowest BCUT2D eigenvalue weighted by Gasteiger charge is -2.25. The third-order valence-corrected chi connectivity index (χ3v) is 6.94. The maximum Gasteiger partial charge on any atom is 0.123 e. The molecule has 1 N–H and O–H groups in total. The van der Waals surface area contributed by atoms with Crippen molar-refractivity contribution in [3.63, 3.8) is 0 Å². The maximum atomic E-state index is 8.94. The van der Waals surface area contributed by atoms with Gasteiger partial charge in [-0.2, -0.15) is 0 Å². The minimum atomic E-state index is 0.0147. The van der Waals surface area contributed by atoms with Gasteiger partial charge in [-0.3, -0.25) is 0 Å². The van der Waals surface area contributed by atoms with Crippen molar-refractivity contribution >= 4 is 17.4 Å². The van der Waals surface area contributed by atoms with Gasteiger partial charge >= 0.3 is 0 Å². The molecule has 0 aliphatic carbocycles. The van der Waals surface area contributed by atoms with Gasteiger partial charge in [0.05, 0.1) is 26.5 Å². The van der Waals surface area contributed by atoms with E-state index in [1.165, 1.54) is 21.7 Å². The molecule has 32 heavy (non-hydrogen) atoms. The Morgan fingerprint density at radius 3 is 2.50 bits per heavy atom. The smallest absolute Gasteiger partial charge is 0.123 e. The highest BCUT2D eigenvalue weighted by Gasteiger charge is 2.26. The van der Waals surface area contributed by atoms with E-state index in [0.717, 1.165) is 36.8 Å². The van der Waals surface area contributed by atoms with Gasteiger partial charge in [0.15, 0.2) is 0 Å². The van der Waals surface area contributed by atoms with Crippen LogP contribution in [0.15, 0.2) is 71.6 Å². The number of methoxy groups -OCH3 is 2. The zero-order chi connectivity index (χ0) is 22.3. The molecule has 1 atom stereocenters. The van der Waals surface area contributed by atoms with E-state index in [0.29, 0.717) is 6.61 Å². The largest absolute Gasteiger partial charge is 0.497 e. The van der Waals surface area contributed by atoms with Gasteiger partial charge in [0, 0.05) is 28.8 Å². The van der Waals surface area contributed by atoms with Crippen LogP contribution in [-0.4, -0.2) is 39.1 Å². The van der Waals surface area contributed by atoms with E-state index in [9.17, 15) is 0 Å². The number of hydrogen-bond donors (Lipinski definition) is 1. The van der Waals surface area contributed by atoms with E-state index in [4.69, 9.17) is 19.3 Å². The van der Waals surface area contributed by atoms with Crippen molar-refractivity contribution in [2.75, 3.05) is 38.9 Å². The summed E-state index contributed by atoms with van der Waals surface area (Å²) in [5.74, 6) is 2.57. The van der Waals surface area contributed by atoms with E-state index in [1.807, 2.05) is 42.1 Å². The lowest BCUT2D eigenvalue weighted by atomic mass is 10.1. The molecule has 0 aromatic heterocycles. The molecular weight excluding hydrogens is 422 g/mol. The Morgan fingerprint density at radius 1 is 0.969 bits per heavy atom. The zero-order valence-electron chi connectivity index (χ0n) is 18.5. The normalized spacial score (nSPS) is 15.6. The summed E-state index contributed by atoms with van der Waals surface area (Å²) in [5.41, 5.74) is 3.65. The average Bonchev–Trinajstić information content (AvgIpc) is 3.02. The SMILES string of the molecule is COc1ccc2c(c1)S[C@@H](c1ccccc1OC)CCN2Cc1ccc(OCCO)cc1. The number of hydrogen-bond acceptors (Lipinski definition) is 6. The number of aliphatic hydroxyl groups is 1. The van der Waals surface area contributed by atoms with Gasteiger partial charge < -0.3 is 24.2 Å². The van der Waals surface area contributed by atoms with Crippen LogP contribution >= 0.6 is 11.8 Å². The van der Waals surface area contributed by atoms with Crippen molar-refractivity contribution in [2.45, 2.75) is 23.1 Å². The second-order valence-corrected chi connectivity index (χ2v) is 8.85. The predicted octanol–water partition coefficient (Wildman–Crippen LogP) is 5.32. The Balaban J connectivity index is 1.61. The lowest BCUT2D eigenvalue weighted by molar-refractivity contribution is 0.201. The number of benzene rings is 3. The first-order valence-electron chi connectivity index (χ1n) is 10.8. The van der Waals surface area contributed by atoms with Crippen molar-refractivity contribution in [3.8, 4) is 17.2 Å². The fourth-order valence-corrected chi connectivity index (χ4v) is 5.33. The second-order valence-electron chi connectivity index (χ2n) is 7.61. The van der Waals surface area contributed by atoms with Crippen LogP contribution in [0.1, 0.15) is 22.8 Å². The maximum absolute atomic E-state index is 8.94. The standard InChI is InChI=1S/C26H29NO4S/c1-29-21-11-12-23-26(17-21)32-25(22-5-3-4-6-24(22)30-2)13-14-27(23)18-19-7-9-20(10-8-19)31-16-15-28/h3-12,17,25,28H,13-16,18H2,1-2H3/t25-/m1/s1. The molecule has 0 bridgehead atoms. The number of fused-ring (bicyclic) bond motifs is 1. The van der Waals surface area contributed by atoms with Crippen molar-refractivity contribution < 1.29 is 19.3 Å². The average molecular weight is 452 g/mol. The highest BCUT2D eigenvalue weighted by molar-refractivity contribution is 7.99. The van der Waals surface area contributed by atoms with Crippen LogP contribution in [0.2, 0.25) is 0 Å². The number of ether oxygens (including phenoxy) is 3. The van der Waals surface area contributed by atoms with Crippen LogP contribution in [0.4, 0.5) is 5.69 Å². The Morgan fingerprint density at radius 2 is 1.75 bits per heavy atom. The molecule has 1 heterocycles. The van der Waals surface area contributed by atoms with Crippen LogP contribution in [-0.2, 0) is 6.54 Å². The molecule has 0 fully saturated rings. The molecule has 0 saturated heterocycles. The third kappa shape index (κ3) is 5.14. The van der Waals surface area contributed by atoms with Crippen LogP contribution in [0, 0.1) is 0 Å². The van der Waals surface area contributed by atoms with Crippen molar-refractivity contribution in [1.29, 1.82) is 0 Å². The monoisotopic (exact) mass is 451 g/mol. The topological polar surface area (TPSA) is 51.2 Å². The fraction of sp³-hybridized carbons (Fsp3) is 0.308. The summed E-state index contributed by atoms with van der Waals surface area (Å²) < 4.78 is 16.7. The lowest BCUT2D eigenvalue weighted by Crippen LogP contribution is -2.24. The van der Waals surface area contributed by atoms with Gasteiger partial charge in [0.1, 0.15) is 23.9 Å². The molecular formula is C26H29NO4S. The number of aliphatic hydroxyl groups excluding tert-OH is 1. The quantitative estimate of drug-likeness (QED) is 0.500. The molecule has 4 rings (SSSR count). The summed E-state index contributed by atoms with van der Waals surface area (Å²) in [6, 6.07) is 22.7. The summed E-state index contributed by atoms with van der Waals surface area (Å²) in [4.78, 5) is 3.64. The highest BCUT2D eigenvalue weighted by atomic mass is 32.2. The summed E-state index contributed by atoms with van der Waals surface area (Å²) in [6.07, 6.45) is 1.000. The zero-order valence-corrected chi connectivity index (χ0v) is 19.3. The molecule has 1 aliphatic rings. The van der Waals surface area contributed by atoms with Crippen molar-refractivity contribution in [3.05, 3.63) is 77.9 Å². The van der Waals surface area contributed by atoms with Gasteiger partial charge in [-0.25, -0.2) is 0 Å². The van der Waals surface area contributed by atoms with E-state index >= 15 is 0 Å². The van der Waals surface area contributed by atoms with Gasteiger partial charge in [-0.05, 0) is 48.4 Å². The molecule has 0 unspecified atom stereocenters. The number of thioether (sulfide) groups is 1. The van der Waals surface area contributed by atoms with Crippen molar-refractivity contribution in [1.82, 2.24) is 0 Å². The molecule has 0 amide bonds. The Bertz CT molecular complexity index is 1020. The Hall–Kier alpha value is -2.83. The first-order valence-corrected chi connectivity index (χ1v) is 11.6. The summed E-state index contributed by atoms with van der Waals surface area (Å²) >= 11 is 1.87. The van der Waals surface area contributed by atoms with Gasteiger partial charge in [-0.1, -0.05) is 30.3 Å². The molecule has 0 spiro atoms. The van der Waals surface area contributed by atoms with E-state index in [1.54, 1.807) is 14.2 Å². The molecule has 3 aromatic carbocycles. The summed E-state index contributed by atoms with van der Waals surface area (Å²) in [6.45, 7) is 2.06. The van der Waals surface area contributed by atoms with Crippen LogP contribution in [0.25, 0.3) is 0 Å². The predicted molar refractivity (Wildman–Crippen MR) is 129 cm³/mol. The second kappa shape index (κ2) is 10.7. The number of para-hydroxylation sites is 1. The Kier molecular flexibility index (Phi) is 7.45. The Labute approximate surface area is 193 Å². The number of anilines is 1. The summed E-state index contributed by atoms with van der Waals surface area (Å²) in [5, 5.41) is 9.23. The molecule has 168 valence electrons. The first-order chi connectivity index (χ1) is 15.7. The minimum absolute atomic E-state index is 0.0147. The summed E-state index contributed by atoms with van der Waals surface area (Å²) in [7, 11) is 3.44. The molecule has 0 radical (unpaired) electrons. The molecule has 3 aromatic rings. The molecule has 1 aliphatic heterocycles. The molecule has 5 nitrogen and oxygen atoms in total. The molecule has 0 saturated carbocycles. The highest BCUT2D eigenvalue weighted by Crippen LogP contribution is 2.48. The van der Waals surface area contributed by atoms with E-state index in [2.05, 4.69) is 41.3 Å². The number of nitrogens with zero attached hydrogens (tertiary/aromatic N) is 1. The minimum Gasteiger partial charge on any atom is -0.497 e. The first kappa shape index (κ1) is 22.4. The van der Waals surface area contributed by atoms with Crippen molar-refractivity contribution in [2.24, 2.45) is 0 Å². The third-order valence-electron chi connectivity index (χ3n) is 5.58. The molecule has 6 heteroatoms. The van der Waals surface area contributed by atoms with Crippen LogP contribution in [0.5, 0.6) is 17.2 Å². The van der Waals surface area contributed by atoms with Gasteiger partial charge in [0.25, 0.3) is 0 Å². The van der Waals surface area contributed by atoms with E-state index in [-0.39, 0.29) is 11.9 Å².